The van der Waals surface area contributed by atoms with Gasteiger partial charge in [-0.05, 0) is 32.4 Å². The molecule has 0 bridgehead atoms. The largest absolute Gasteiger partial charge is 0.345 e. The van der Waals surface area contributed by atoms with Gasteiger partial charge in [-0.3, -0.25) is 9.69 Å². The molecule has 0 radical (unpaired) electrons. The average molecular weight is 208 g/mol. The fourth-order valence-corrected chi connectivity index (χ4v) is 1.63. The van der Waals surface area contributed by atoms with Crippen LogP contribution >= 0.6 is 0 Å². The molecule has 0 unspecified atom stereocenters. The predicted molar refractivity (Wildman–Crippen MR) is 61.4 cm³/mol. The summed E-state index contributed by atoms with van der Waals surface area (Å²) >= 11 is 0. The van der Waals surface area contributed by atoms with E-state index in [9.17, 15) is 4.79 Å². The Kier molecular flexibility index (Phi) is 5.87. The van der Waals surface area contributed by atoms with Gasteiger partial charge in [0.1, 0.15) is 0 Å². The molecule has 3 nitrogen and oxygen atoms in total. The monoisotopic (exact) mass is 208 g/mol. The molecule has 0 saturated carbocycles. The van der Waals surface area contributed by atoms with Crippen molar-refractivity contribution in [3.05, 3.63) is 0 Å². The van der Waals surface area contributed by atoms with Crippen LogP contribution in [0.1, 0.15) is 32.6 Å². The highest BCUT2D eigenvalue weighted by atomic mass is 16.1. The van der Waals surface area contributed by atoms with E-state index >= 15 is 0 Å². The van der Waals surface area contributed by atoms with Gasteiger partial charge in [-0.25, -0.2) is 0 Å². The second kappa shape index (κ2) is 7.30. The highest BCUT2D eigenvalue weighted by Gasteiger charge is 2.08. The quantitative estimate of drug-likeness (QED) is 0.699. The molecule has 1 amide bonds. The van der Waals surface area contributed by atoms with Gasteiger partial charge >= 0.3 is 0 Å². The summed E-state index contributed by atoms with van der Waals surface area (Å²) in [5, 5.41) is 2.78. The molecular weight excluding hydrogens is 188 g/mol. The molecule has 0 aromatic rings. The van der Waals surface area contributed by atoms with Gasteiger partial charge in [-0.1, -0.05) is 18.8 Å². The molecule has 15 heavy (non-hydrogen) atoms. The van der Waals surface area contributed by atoms with Crippen molar-refractivity contribution in [1.82, 2.24) is 10.2 Å². The van der Waals surface area contributed by atoms with Gasteiger partial charge in [-0.2, -0.15) is 0 Å². The maximum Gasteiger partial charge on any atom is 0.220 e. The lowest BCUT2D eigenvalue weighted by atomic mass is 10.3. The van der Waals surface area contributed by atoms with Crippen LogP contribution in [0.25, 0.3) is 0 Å². The lowest BCUT2D eigenvalue weighted by Crippen LogP contribution is -2.23. The Morgan fingerprint density at radius 2 is 2.07 bits per heavy atom. The van der Waals surface area contributed by atoms with Crippen molar-refractivity contribution in [3.63, 3.8) is 0 Å². The summed E-state index contributed by atoms with van der Waals surface area (Å²) < 4.78 is 0. The number of nitrogens with one attached hydrogen (secondary N) is 1. The van der Waals surface area contributed by atoms with Crippen LogP contribution in [0.2, 0.25) is 0 Å². The van der Waals surface area contributed by atoms with Gasteiger partial charge in [-0.15, -0.1) is 0 Å². The molecule has 0 spiro atoms. The van der Waals surface area contributed by atoms with Crippen LogP contribution in [0.4, 0.5) is 0 Å². The molecule has 1 N–H and O–H groups in total. The van der Waals surface area contributed by atoms with Gasteiger partial charge in [0.15, 0.2) is 0 Å². The third kappa shape index (κ3) is 5.44. The number of amides is 1. The van der Waals surface area contributed by atoms with Crippen LogP contribution < -0.4 is 5.32 Å². The molecule has 3 heteroatoms. The molecule has 1 heterocycles. The molecule has 84 valence electrons. The van der Waals surface area contributed by atoms with Crippen molar-refractivity contribution < 1.29 is 4.79 Å². The maximum atomic E-state index is 11.1. The summed E-state index contributed by atoms with van der Waals surface area (Å²) in [7, 11) is 0. The van der Waals surface area contributed by atoms with Crippen LogP contribution in [-0.2, 0) is 4.79 Å². The minimum Gasteiger partial charge on any atom is -0.345 e. The van der Waals surface area contributed by atoms with Crippen LogP contribution in [0, 0.1) is 11.8 Å². The van der Waals surface area contributed by atoms with E-state index in [0.717, 1.165) is 13.0 Å². The normalized spacial score (nSPS) is 15.8. The molecule has 1 saturated heterocycles. The van der Waals surface area contributed by atoms with Crippen LogP contribution in [-0.4, -0.2) is 37.0 Å². The number of hydrogen-bond donors (Lipinski definition) is 1. The van der Waals surface area contributed by atoms with E-state index in [1.165, 1.54) is 25.9 Å². The van der Waals surface area contributed by atoms with E-state index in [2.05, 4.69) is 22.1 Å². The standard InChI is InChI=1S/C12H20N2O/c1-2-7-12(15)13-8-3-4-9-14-10-5-6-11-14/h2,5-11H2,1H3,(H,13,15). The Hall–Kier alpha value is -1.01. The fourth-order valence-electron chi connectivity index (χ4n) is 1.63. The number of carbonyl (C=O) groups excluding carboxylic acids is 1. The topological polar surface area (TPSA) is 32.3 Å². The van der Waals surface area contributed by atoms with E-state index in [-0.39, 0.29) is 5.91 Å². The smallest absolute Gasteiger partial charge is 0.220 e. The van der Waals surface area contributed by atoms with Crippen LogP contribution in [0.15, 0.2) is 0 Å². The molecule has 0 aromatic carbocycles. The molecule has 0 aromatic heterocycles. The van der Waals surface area contributed by atoms with Crippen molar-refractivity contribution in [2.75, 3.05) is 26.2 Å². The summed E-state index contributed by atoms with van der Waals surface area (Å²) in [5.74, 6) is 6.17. The van der Waals surface area contributed by atoms with Crippen LogP contribution in [0.3, 0.4) is 0 Å². The molecule has 1 rings (SSSR count). The summed E-state index contributed by atoms with van der Waals surface area (Å²) in [6, 6.07) is 0. The molecule has 1 aliphatic heterocycles. The summed E-state index contributed by atoms with van der Waals surface area (Å²) in [5.41, 5.74) is 0. The predicted octanol–water partition coefficient (Wildman–Crippen LogP) is 1.00. The van der Waals surface area contributed by atoms with Crippen molar-refractivity contribution >= 4 is 5.91 Å². The van der Waals surface area contributed by atoms with Crippen molar-refractivity contribution in [2.24, 2.45) is 0 Å². The lowest BCUT2D eigenvalue weighted by molar-refractivity contribution is -0.120. The van der Waals surface area contributed by atoms with Gasteiger partial charge in [0, 0.05) is 6.42 Å². The second-order valence-electron chi connectivity index (χ2n) is 3.86. The fraction of sp³-hybridized carbons (Fsp3) is 0.750. The zero-order chi connectivity index (χ0) is 10.9. The Labute approximate surface area is 92.2 Å². The average Bonchev–Trinajstić information content (AvgIpc) is 2.70. The van der Waals surface area contributed by atoms with Gasteiger partial charge in [0.2, 0.25) is 5.91 Å². The number of likely N-dealkylation sites (tertiary alicyclic amines) is 1. The second-order valence-corrected chi connectivity index (χ2v) is 3.86. The Morgan fingerprint density at radius 1 is 1.33 bits per heavy atom. The van der Waals surface area contributed by atoms with E-state index in [1.807, 2.05) is 6.92 Å². The highest BCUT2D eigenvalue weighted by molar-refractivity contribution is 5.76. The minimum atomic E-state index is 0.105. The van der Waals surface area contributed by atoms with E-state index < -0.39 is 0 Å². The Balaban J connectivity index is 2.03. The highest BCUT2D eigenvalue weighted by Crippen LogP contribution is 2.05. The molecule has 0 atom stereocenters. The SMILES string of the molecule is CCCC(=O)NCC#CCN1CCCC1. The molecule has 1 fully saturated rings. The van der Waals surface area contributed by atoms with Gasteiger partial charge in [0.05, 0.1) is 13.1 Å². The minimum absolute atomic E-state index is 0.105. The summed E-state index contributed by atoms with van der Waals surface area (Å²) in [6.07, 6.45) is 4.10. The molecule has 1 aliphatic rings. The molecule has 0 aliphatic carbocycles. The van der Waals surface area contributed by atoms with E-state index in [1.54, 1.807) is 0 Å². The number of hydrogen-bond acceptors (Lipinski definition) is 2. The van der Waals surface area contributed by atoms with E-state index in [0.29, 0.717) is 13.0 Å². The lowest BCUT2D eigenvalue weighted by Gasteiger charge is -2.08. The zero-order valence-electron chi connectivity index (χ0n) is 9.51. The zero-order valence-corrected chi connectivity index (χ0v) is 9.51. The third-order valence-electron chi connectivity index (χ3n) is 2.48. The van der Waals surface area contributed by atoms with Crippen molar-refractivity contribution in [2.45, 2.75) is 32.6 Å². The first-order chi connectivity index (χ1) is 7.33. The van der Waals surface area contributed by atoms with Crippen molar-refractivity contribution in [1.29, 1.82) is 0 Å². The summed E-state index contributed by atoms with van der Waals surface area (Å²) in [6.45, 7) is 5.70. The van der Waals surface area contributed by atoms with E-state index in [4.69, 9.17) is 0 Å². The third-order valence-corrected chi connectivity index (χ3v) is 2.48. The first-order valence-corrected chi connectivity index (χ1v) is 5.77. The number of rotatable bonds is 4. The molecular formula is C12H20N2O. The number of nitrogens with zero attached hydrogens (tertiary/aromatic N) is 1. The Bertz CT molecular complexity index is 246. The van der Waals surface area contributed by atoms with Crippen LogP contribution in [0.5, 0.6) is 0 Å². The van der Waals surface area contributed by atoms with Gasteiger partial charge < -0.3 is 5.32 Å². The Morgan fingerprint density at radius 3 is 2.73 bits per heavy atom. The maximum absolute atomic E-state index is 11.1. The van der Waals surface area contributed by atoms with Crippen molar-refractivity contribution in [3.8, 4) is 11.8 Å². The first-order valence-electron chi connectivity index (χ1n) is 5.77. The van der Waals surface area contributed by atoms with Gasteiger partial charge in [0.25, 0.3) is 0 Å². The number of carbonyl (C=O) groups is 1. The first kappa shape index (κ1) is 12.1. The summed E-state index contributed by atoms with van der Waals surface area (Å²) in [4.78, 5) is 13.4.